The Hall–Kier alpha value is -1.17. The number of hydrogen-bond donors (Lipinski definition) is 5. The van der Waals surface area contributed by atoms with Gasteiger partial charge in [-0.05, 0) is 24.1 Å². The van der Waals surface area contributed by atoms with Crippen LogP contribution in [-0.4, -0.2) is 14.7 Å². The number of benzene rings is 1. The number of phosphoric acid groups is 1. The predicted molar refractivity (Wildman–Crippen MR) is 62.4 cm³/mol. The van der Waals surface area contributed by atoms with Crippen LogP contribution in [0, 0.1) is 0 Å². The van der Waals surface area contributed by atoms with Gasteiger partial charge in [0.15, 0.2) is 0 Å². The van der Waals surface area contributed by atoms with E-state index in [1.807, 2.05) is 30.3 Å². The number of nitrogens with two attached hydrogens (primary N) is 1. The molecule has 0 spiro atoms. The smallest absolute Gasteiger partial charge is 0.324 e. The normalized spacial score (nSPS) is 10.0. The average Bonchev–Trinajstić information content (AvgIpc) is 2.17. The number of nitrogens with one attached hydrogen (secondary N) is 1. The van der Waals surface area contributed by atoms with E-state index in [0.717, 1.165) is 12.1 Å². The molecule has 6 N–H and O–H groups in total. The number of rotatable bonds is 3. The molecular formula is C9H15N2O4P. The molecule has 1 aromatic carbocycles. The van der Waals surface area contributed by atoms with E-state index in [-0.39, 0.29) is 0 Å². The van der Waals surface area contributed by atoms with Crippen LogP contribution in [0.2, 0.25) is 0 Å². The van der Waals surface area contributed by atoms with Crippen molar-refractivity contribution in [1.29, 1.82) is 0 Å². The Kier molecular flexibility index (Phi) is 6.64. The highest BCUT2D eigenvalue weighted by molar-refractivity contribution is 7.45. The number of nitrogen functional groups attached to an aromatic ring is 1. The second kappa shape index (κ2) is 7.16. The summed E-state index contributed by atoms with van der Waals surface area (Å²) >= 11 is 0. The molecule has 1 aromatic rings. The van der Waals surface area contributed by atoms with E-state index in [1.165, 1.54) is 5.56 Å². The monoisotopic (exact) mass is 246 g/mol. The van der Waals surface area contributed by atoms with E-state index in [9.17, 15) is 0 Å². The van der Waals surface area contributed by atoms with Crippen LogP contribution in [0.3, 0.4) is 0 Å². The van der Waals surface area contributed by atoms with E-state index in [2.05, 4.69) is 12.0 Å². The lowest BCUT2D eigenvalue weighted by molar-refractivity contribution is 0.275. The van der Waals surface area contributed by atoms with Gasteiger partial charge < -0.3 is 20.1 Å². The van der Waals surface area contributed by atoms with Gasteiger partial charge in [-0.3, -0.25) is 5.84 Å². The van der Waals surface area contributed by atoms with Crippen molar-refractivity contribution in [1.82, 2.24) is 0 Å². The Morgan fingerprint density at radius 2 is 1.75 bits per heavy atom. The minimum Gasteiger partial charge on any atom is -0.324 e. The van der Waals surface area contributed by atoms with E-state index in [1.54, 1.807) is 0 Å². The third-order valence-electron chi connectivity index (χ3n) is 1.50. The lowest BCUT2D eigenvalue weighted by Gasteiger charge is -1.99. The summed E-state index contributed by atoms with van der Waals surface area (Å²) in [4.78, 5) is 21.6. The summed E-state index contributed by atoms with van der Waals surface area (Å²) in [5.74, 6) is 5.20. The maximum absolute atomic E-state index is 8.88. The highest BCUT2D eigenvalue weighted by Crippen LogP contribution is 2.25. The van der Waals surface area contributed by atoms with Crippen LogP contribution in [0.1, 0.15) is 5.56 Å². The van der Waals surface area contributed by atoms with Gasteiger partial charge >= 0.3 is 7.82 Å². The van der Waals surface area contributed by atoms with E-state index in [4.69, 9.17) is 25.1 Å². The van der Waals surface area contributed by atoms with Crippen molar-refractivity contribution in [3.05, 3.63) is 42.5 Å². The Morgan fingerprint density at radius 1 is 1.31 bits per heavy atom. The Morgan fingerprint density at radius 3 is 2.06 bits per heavy atom. The van der Waals surface area contributed by atoms with Gasteiger partial charge in [0.25, 0.3) is 0 Å². The molecule has 0 saturated carbocycles. The van der Waals surface area contributed by atoms with Gasteiger partial charge in [-0.2, -0.15) is 0 Å². The van der Waals surface area contributed by atoms with Crippen LogP contribution in [0.5, 0.6) is 0 Å². The first-order valence-corrected chi connectivity index (χ1v) is 5.88. The van der Waals surface area contributed by atoms with Crippen LogP contribution in [0.25, 0.3) is 0 Å². The van der Waals surface area contributed by atoms with Gasteiger partial charge in [0, 0.05) is 5.69 Å². The standard InChI is InChI=1S/C9H12N2.H3O4P/c1-2-3-8-4-6-9(11-10)7-5-8;1-5(2,3)4/h2,4-7,11H,1,3,10H2;(H3,1,2,3,4). The number of hydrogen-bond acceptors (Lipinski definition) is 3. The first-order chi connectivity index (χ1) is 7.36. The molecule has 0 aliphatic rings. The molecule has 0 fully saturated rings. The van der Waals surface area contributed by atoms with Gasteiger partial charge in [0.2, 0.25) is 0 Å². The van der Waals surface area contributed by atoms with Gasteiger partial charge in [-0.15, -0.1) is 6.58 Å². The summed E-state index contributed by atoms with van der Waals surface area (Å²) in [7, 11) is -4.64. The SMILES string of the molecule is C=CCc1ccc(NN)cc1.O=P(O)(O)O. The number of anilines is 1. The van der Waals surface area contributed by atoms with Gasteiger partial charge in [0.1, 0.15) is 0 Å². The highest BCUT2D eigenvalue weighted by Gasteiger charge is 2.00. The highest BCUT2D eigenvalue weighted by atomic mass is 31.2. The lowest BCUT2D eigenvalue weighted by Crippen LogP contribution is -2.06. The third kappa shape index (κ3) is 9.39. The van der Waals surface area contributed by atoms with E-state index in [0.29, 0.717) is 0 Å². The largest absolute Gasteiger partial charge is 0.466 e. The fourth-order valence-corrected chi connectivity index (χ4v) is 0.904. The molecule has 0 radical (unpaired) electrons. The number of allylic oxidation sites excluding steroid dienone is 1. The average molecular weight is 246 g/mol. The first-order valence-electron chi connectivity index (χ1n) is 4.31. The lowest BCUT2D eigenvalue weighted by atomic mass is 10.1. The van der Waals surface area contributed by atoms with Gasteiger partial charge in [-0.25, -0.2) is 4.57 Å². The third-order valence-corrected chi connectivity index (χ3v) is 1.50. The molecular weight excluding hydrogens is 231 g/mol. The van der Waals surface area contributed by atoms with Crippen LogP contribution in [-0.2, 0) is 11.0 Å². The minimum absolute atomic E-state index is 0.908. The van der Waals surface area contributed by atoms with Gasteiger partial charge in [0.05, 0.1) is 0 Å². The zero-order valence-corrected chi connectivity index (χ0v) is 9.47. The van der Waals surface area contributed by atoms with E-state index >= 15 is 0 Å². The summed E-state index contributed by atoms with van der Waals surface area (Å²) in [5, 5.41) is 0. The summed E-state index contributed by atoms with van der Waals surface area (Å²) in [6, 6.07) is 7.94. The fourth-order valence-electron chi connectivity index (χ4n) is 0.904. The molecule has 1 rings (SSSR count). The molecule has 0 aromatic heterocycles. The Bertz CT molecular complexity index is 352. The molecule has 90 valence electrons. The topological polar surface area (TPSA) is 116 Å². The minimum atomic E-state index is -4.64. The summed E-state index contributed by atoms with van der Waals surface area (Å²) in [6.07, 6.45) is 2.79. The zero-order chi connectivity index (χ0) is 12.6. The van der Waals surface area contributed by atoms with Crippen LogP contribution >= 0.6 is 7.82 Å². The van der Waals surface area contributed by atoms with Crippen LogP contribution in [0.15, 0.2) is 36.9 Å². The molecule has 0 bridgehead atoms. The Balaban J connectivity index is 0.000000385. The summed E-state index contributed by atoms with van der Waals surface area (Å²) < 4.78 is 8.88. The summed E-state index contributed by atoms with van der Waals surface area (Å²) in [6.45, 7) is 3.66. The molecule has 0 saturated heterocycles. The molecule has 0 unspecified atom stereocenters. The summed E-state index contributed by atoms with van der Waals surface area (Å²) in [5.41, 5.74) is 4.75. The second-order valence-corrected chi connectivity index (χ2v) is 3.87. The molecule has 16 heavy (non-hydrogen) atoms. The Labute approximate surface area is 93.6 Å². The van der Waals surface area contributed by atoms with Crippen molar-refractivity contribution in [2.75, 3.05) is 5.43 Å². The van der Waals surface area contributed by atoms with Crippen LogP contribution < -0.4 is 11.3 Å². The molecule has 0 heterocycles. The van der Waals surface area contributed by atoms with Crippen molar-refractivity contribution < 1.29 is 19.2 Å². The number of hydrazine groups is 1. The van der Waals surface area contributed by atoms with Crippen molar-refractivity contribution in [2.45, 2.75) is 6.42 Å². The van der Waals surface area contributed by atoms with Crippen molar-refractivity contribution in [3.63, 3.8) is 0 Å². The van der Waals surface area contributed by atoms with Gasteiger partial charge in [-0.1, -0.05) is 18.2 Å². The molecule has 0 amide bonds. The quantitative estimate of drug-likeness (QED) is 0.233. The van der Waals surface area contributed by atoms with Crippen molar-refractivity contribution >= 4 is 13.5 Å². The molecule has 6 nitrogen and oxygen atoms in total. The molecule has 0 aliphatic heterocycles. The fraction of sp³-hybridized carbons (Fsp3) is 0.111. The molecule has 7 heteroatoms. The molecule has 0 aliphatic carbocycles. The van der Waals surface area contributed by atoms with Crippen molar-refractivity contribution in [3.8, 4) is 0 Å². The molecule has 0 atom stereocenters. The van der Waals surface area contributed by atoms with Crippen molar-refractivity contribution in [2.24, 2.45) is 5.84 Å². The second-order valence-electron chi connectivity index (χ2n) is 2.85. The predicted octanol–water partition coefficient (Wildman–Crippen LogP) is 0.772. The first kappa shape index (κ1) is 14.8. The zero-order valence-electron chi connectivity index (χ0n) is 8.58. The van der Waals surface area contributed by atoms with Crippen LogP contribution in [0.4, 0.5) is 5.69 Å². The van der Waals surface area contributed by atoms with E-state index < -0.39 is 7.82 Å². The maximum Gasteiger partial charge on any atom is 0.466 e. The maximum atomic E-state index is 8.88.